The molecule has 110 valence electrons. The molecule has 0 aromatic carbocycles. The molecule has 0 fully saturated rings. The third kappa shape index (κ3) is 21.9. The maximum absolute atomic E-state index is 8.69. The van der Waals surface area contributed by atoms with Crippen LogP contribution in [0.1, 0.15) is 53.4 Å². The van der Waals surface area contributed by atoms with Crippen molar-refractivity contribution in [3.63, 3.8) is 0 Å². The Morgan fingerprint density at radius 2 is 1.56 bits per heavy atom. The van der Waals surface area contributed by atoms with E-state index in [0.717, 1.165) is 0 Å². The van der Waals surface area contributed by atoms with Crippen molar-refractivity contribution in [2.24, 2.45) is 0 Å². The van der Waals surface area contributed by atoms with Crippen LogP contribution in [0.2, 0.25) is 8.87 Å². The van der Waals surface area contributed by atoms with Crippen LogP contribution in [0.5, 0.6) is 0 Å². The predicted octanol–water partition coefficient (Wildman–Crippen LogP) is 2.89. The topological polar surface area (TPSA) is 49.7 Å². The molecule has 0 rings (SSSR count). The zero-order chi connectivity index (χ0) is 14.2. The number of hydrogen-bond donors (Lipinski definition) is 2. The molecule has 0 bridgehead atoms. The number of hydrogen-bond acceptors (Lipinski definition) is 3. The summed E-state index contributed by atoms with van der Waals surface area (Å²) in [5.41, 5.74) is 0. The zero-order valence-electron chi connectivity index (χ0n) is 12.6. The number of unbranched alkanes of at least 4 members (excludes halogenated alkanes) is 2. The molecular weight excluding hydrogens is 335 g/mol. The van der Waals surface area contributed by atoms with E-state index in [1.807, 2.05) is 0 Å². The minimum atomic E-state index is -0.445. The molecule has 0 aliphatic rings. The van der Waals surface area contributed by atoms with Crippen molar-refractivity contribution < 1.29 is 14.9 Å². The molecule has 0 saturated heterocycles. The van der Waals surface area contributed by atoms with Crippen LogP contribution in [0.4, 0.5) is 0 Å². The third-order valence-corrected chi connectivity index (χ3v) is 6.33. The van der Waals surface area contributed by atoms with Gasteiger partial charge in [0.15, 0.2) is 0 Å². The van der Waals surface area contributed by atoms with E-state index in [4.69, 9.17) is 14.9 Å². The Kier molecular flexibility index (Phi) is 20.6. The summed E-state index contributed by atoms with van der Waals surface area (Å²) >= 11 is 0.149. The molecular formula is C14H32O3Sn. The molecule has 0 heterocycles. The summed E-state index contributed by atoms with van der Waals surface area (Å²) in [5.74, 6) is 0. The first kappa shape index (κ1) is 21.0. The number of ether oxygens (including phenoxy) is 1. The van der Waals surface area contributed by atoms with E-state index in [0.29, 0.717) is 6.61 Å². The normalized spacial score (nSPS) is 13.7. The van der Waals surface area contributed by atoms with Crippen LogP contribution in [0.15, 0.2) is 0 Å². The van der Waals surface area contributed by atoms with Gasteiger partial charge < -0.3 is 14.9 Å². The van der Waals surface area contributed by atoms with Crippen molar-refractivity contribution >= 4 is 21.1 Å². The molecule has 0 spiro atoms. The van der Waals surface area contributed by atoms with E-state index in [9.17, 15) is 0 Å². The minimum absolute atomic E-state index is 0.00667. The molecule has 2 atom stereocenters. The van der Waals surface area contributed by atoms with Gasteiger partial charge in [-0.3, -0.25) is 0 Å². The molecule has 4 heteroatoms. The Hall–Kier alpha value is 0.679. The van der Waals surface area contributed by atoms with Crippen LogP contribution in [-0.4, -0.2) is 56.8 Å². The van der Waals surface area contributed by atoms with Gasteiger partial charge in [0.05, 0.1) is 25.4 Å². The van der Waals surface area contributed by atoms with Crippen molar-refractivity contribution in [1.29, 1.82) is 0 Å². The van der Waals surface area contributed by atoms with Crippen molar-refractivity contribution in [3.05, 3.63) is 0 Å². The van der Waals surface area contributed by atoms with E-state index in [1.165, 1.54) is 25.7 Å². The van der Waals surface area contributed by atoms with Gasteiger partial charge in [0.1, 0.15) is 0 Å². The zero-order valence-corrected chi connectivity index (χ0v) is 15.5. The first-order valence-corrected chi connectivity index (χ1v) is 11.2. The van der Waals surface area contributed by atoms with Crippen LogP contribution in [0, 0.1) is 0 Å². The van der Waals surface area contributed by atoms with E-state index in [-0.39, 0.29) is 33.9 Å². The van der Waals surface area contributed by atoms with Crippen molar-refractivity contribution in [3.8, 4) is 0 Å². The molecule has 0 aromatic heterocycles. The first-order chi connectivity index (χ1) is 8.58. The molecule has 0 amide bonds. The van der Waals surface area contributed by atoms with Crippen LogP contribution >= 0.6 is 0 Å². The van der Waals surface area contributed by atoms with Gasteiger partial charge in [-0.15, -0.1) is 0 Å². The Bertz CT molecular complexity index is 137. The van der Waals surface area contributed by atoms with Crippen molar-refractivity contribution in [1.82, 2.24) is 0 Å². The fraction of sp³-hybridized carbons (Fsp3) is 1.00. The molecule has 2 N–H and O–H groups in total. The number of aliphatic hydroxyl groups is 2. The Labute approximate surface area is 124 Å². The van der Waals surface area contributed by atoms with Crippen LogP contribution in [0.3, 0.4) is 0 Å². The molecule has 3 nitrogen and oxygen atoms in total. The quantitative estimate of drug-likeness (QED) is 0.461. The monoisotopic (exact) mass is 368 g/mol. The Morgan fingerprint density at radius 3 is 1.89 bits per heavy atom. The predicted molar refractivity (Wildman–Crippen MR) is 79.4 cm³/mol. The van der Waals surface area contributed by atoms with Crippen molar-refractivity contribution in [2.75, 3.05) is 13.2 Å². The van der Waals surface area contributed by atoms with Crippen molar-refractivity contribution in [2.45, 2.75) is 74.5 Å². The van der Waals surface area contributed by atoms with Gasteiger partial charge in [-0.1, -0.05) is 0 Å². The van der Waals surface area contributed by atoms with E-state index in [1.54, 1.807) is 22.7 Å². The second-order valence-corrected chi connectivity index (χ2v) is 8.91. The van der Waals surface area contributed by atoms with Gasteiger partial charge in [0.25, 0.3) is 0 Å². The molecule has 0 aliphatic carbocycles. The van der Waals surface area contributed by atoms with Crippen LogP contribution in [-0.2, 0) is 4.74 Å². The van der Waals surface area contributed by atoms with Gasteiger partial charge >= 0.3 is 69.5 Å². The second kappa shape index (κ2) is 17.7. The fourth-order valence-corrected chi connectivity index (χ4v) is 5.24. The fourth-order valence-electron chi connectivity index (χ4n) is 1.08. The van der Waals surface area contributed by atoms with E-state index >= 15 is 0 Å². The standard InChI is InChI=1S/C6H14O3.2C4H9.Sn/c1-5(8)4-9-6(2)3-7;2*1-3-4-2;/h5-8H,3-4H2,1-2H3;2*1,3-4H2,2H3;. The first-order valence-electron chi connectivity index (χ1n) is 7.19. The summed E-state index contributed by atoms with van der Waals surface area (Å²) in [7, 11) is 0. The molecule has 2 unspecified atom stereocenters. The summed E-state index contributed by atoms with van der Waals surface area (Å²) < 4.78 is 8.20. The van der Waals surface area contributed by atoms with Crippen LogP contribution < -0.4 is 0 Å². The Balaban J connectivity index is 0. The van der Waals surface area contributed by atoms with E-state index in [2.05, 4.69) is 13.8 Å². The summed E-state index contributed by atoms with van der Waals surface area (Å²) in [4.78, 5) is 0. The van der Waals surface area contributed by atoms with E-state index < -0.39 is 6.10 Å². The Morgan fingerprint density at radius 1 is 1.06 bits per heavy atom. The van der Waals surface area contributed by atoms with Gasteiger partial charge in [0, 0.05) is 0 Å². The summed E-state index contributed by atoms with van der Waals surface area (Å²) in [6.45, 7) is 8.28. The second-order valence-electron chi connectivity index (χ2n) is 4.63. The third-order valence-electron chi connectivity index (χ3n) is 2.29. The average Bonchev–Trinajstić information content (AvgIpc) is 2.36. The SMILES string of the molecule is CC(O)COC(C)CO.CCC[CH2][Sn][CH2]CCC. The number of rotatable bonds is 10. The summed E-state index contributed by atoms with van der Waals surface area (Å²) in [6.07, 6.45) is 5.23. The van der Waals surface area contributed by atoms with Gasteiger partial charge in [-0.05, 0) is 13.8 Å². The number of aliphatic hydroxyl groups excluding tert-OH is 2. The molecule has 0 aromatic rings. The van der Waals surface area contributed by atoms with Gasteiger partial charge in [-0.25, -0.2) is 0 Å². The molecule has 0 saturated carbocycles. The average molecular weight is 367 g/mol. The summed E-state index contributed by atoms with van der Waals surface area (Å²) in [6, 6.07) is 0. The van der Waals surface area contributed by atoms with Crippen LogP contribution in [0.25, 0.3) is 0 Å². The molecule has 0 aliphatic heterocycles. The molecule has 18 heavy (non-hydrogen) atoms. The molecule has 2 radical (unpaired) electrons. The maximum atomic E-state index is 8.69. The summed E-state index contributed by atoms with van der Waals surface area (Å²) in [5, 5.41) is 17.1. The van der Waals surface area contributed by atoms with Gasteiger partial charge in [-0.2, -0.15) is 0 Å². The van der Waals surface area contributed by atoms with Gasteiger partial charge in [0.2, 0.25) is 0 Å².